The number of hydrogen-bond donors (Lipinski definition) is 3. The Morgan fingerprint density at radius 2 is 1.91 bits per heavy atom. The van der Waals surface area contributed by atoms with Gasteiger partial charge < -0.3 is 16.4 Å². The number of benzene rings is 1. The normalized spacial score (nSPS) is 10.3. The maximum atomic E-state index is 10.6. The van der Waals surface area contributed by atoms with E-state index in [1.54, 1.807) is 12.1 Å². The summed E-state index contributed by atoms with van der Waals surface area (Å²) < 4.78 is 0. The molecule has 0 saturated heterocycles. The summed E-state index contributed by atoms with van der Waals surface area (Å²) in [6.07, 6.45) is 0. The van der Waals surface area contributed by atoms with Crippen molar-refractivity contribution in [1.29, 1.82) is 0 Å². The van der Waals surface area contributed by atoms with Gasteiger partial charge in [-0.15, -0.1) is 0 Å². The minimum atomic E-state index is -0.575. The van der Waals surface area contributed by atoms with Crippen LogP contribution in [0.3, 0.4) is 0 Å². The van der Waals surface area contributed by atoms with Gasteiger partial charge >= 0.3 is 5.69 Å². The number of nitrogens with two attached hydrogens (primary N) is 1. The van der Waals surface area contributed by atoms with Gasteiger partial charge in [-0.05, 0) is 18.2 Å². The van der Waals surface area contributed by atoms with Crippen molar-refractivity contribution in [2.24, 2.45) is 0 Å². The van der Waals surface area contributed by atoms with Crippen molar-refractivity contribution in [3.63, 3.8) is 0 Å². The van der Waals surface area contributed by atoms with E-state index in [1.165, 1.54) is 12.1 Å². The molecule has 2 aromatic rings. The molecule has 22 heavy (non-hydrogen) atoms. The van der Waals surface area contributed by atoms with Crippen LogP contribution >= 0.6 is 23.2 Å². The van der Waals surface area contributed by atoms with E-state index in [2.05, 4.69) is 15.6 Å². The van der Waals surface area contributed by atoms with Crippen LogP contribution in [0.25, 0.3) is 0 Å². The van der Waals surface area contributed by atoms with Gasteiger partial charge in [0.05, 0.1) is 20.7 Å². The summed E-state index contributed by atoms with van der Waals surface area (Å²) in [5.74, 6) is 0.336. The molecule has 7 nitrogen and oxygen atoms in total. The van der Waals surface area contributed by atoms with Gasteiger partial charge in [-0.1, -0.05) is 29.3 Å². The number of aromatic nitrogens is 1. The van der Waals surface area contributed by atoms with Crippen LogP contribution in [0.2, 0.25) is 10.0 Å². The lowest BCUT2D eigenvalue weighted by molar-refractivity contribution is -0.384. The molecule has 116 valence electrons. The maximum Gasteiger partial charge on any atom is 0.311 e. The van der Waals surface area contributed by atoms with Gasteiger partial charge in [-0.2, -0.15) is 0 Å². The fourth-order valence-electron chi connectivity index (χ4n) is 1.75. The van der Waals surface area contributed by atoms with Crippen molar-refractivity contribution < 1.29 is 4.92 Å². The van der Waals surface area contributed by atoms with Gasteiger partial charge in [-0.3, -0.25) is 10.1 Å². The molecule has 9 heteroatoms. The van der Waals surface area contributed by atoms with Crippen molar-refractivity contribution in [3.8, 4) is 0 Å². The number of nitro groups is 1. The molecule has 1 aromatic carbocycles. The van der Waals surface area contributed by atoms with Gasteiger partial charge in [0, 0.05) is 19.2 Å². The molecule has 0 amide bonds. The maximum absolute atomic E-state index is 10.6. The van der Waals surface area contributed by atoms with E-state index in [0.29, 0.717) is 29.0 Å². The second kappa shape index (κ2) is 7.15. The molecule has 0 unspecified atom stereocenters. The van der Waals surface area contributed by atoms with Crippen LogP contribution in [-0.2, 0) is 0 Å². The van der Waals surface area contributed by atoms with Gasteiger partial charge in [0.15, 0.2) is 0 Å². The molecule has 1 aromatic heterocycles. The summed E-state index contributed by atoms with van der Waals surface area (Å²) in [5.41, 5.74) is 6.03. The highest BCUT2D eigenvalue weighted by Gasteiger charge is 2.12. The Balaban J connectivity index is 1.88. The lowest BCUT2D eigenvalue weighted by atomic mass is 10.3. The zero-order valence-electron chi connectivity index (χ0n) is 11.3. The molecule has 0 atom stereocenters. The quantitative estimate of drug-likeness (QED) is 0.422. The summed E-state index contributed by atoms with van der Waals surface area (Å²) >= 11 is 12.0. The summed E-state index contributed by atoms with van der Waals surface area (Å²) in [6.45, 7) is 1.08. The molecule has 0 radical (unpaired) electrons. The van der Waals surface area contributed by atoms with E-state index < -0.39 is 4.92 Å². The fourth-order valence-corrected chi connectivity index (χ4v) is 2.12. The van der Waals surface area contributed by atoms with Crippen LogP contribution in [0.1, 0.15) is 0 Å². The van der Waals surface area contributed by atoms with Crippen molar-refractivity contribution in [1.82, 2.24) is 4.98 Å². The number of nitrogens with zero attached hydrogens (tertiary/aromatic N) is 2. The highest BCUT2D eigenvalue weighted by molar-refractivity contribution is 6.43. The Hall–Kier alpha value is -2.25. The van der Waals surface area contributed by atoms with Crippen molar-refractivity contribution in [3.05, 3.63) is 50.5 Å². The molecule has 0 aliphatic heterocycles. The van der Waals surface area contributed by atoms with Crippen molar-refractivity contribution in [2.45, 2.75) is 0 Å². The Bertz CT molecular complexity index is 696. The number of nitrogens with one attached hydrogen (secondary N) is 2. The number of pyridine rings is 1. The van der Waals surface area contributed by atoms with Crippen LogP contribution in [-0.4, -0.2) is 23.0 Å². The highest BCUT2D eigenvalue weighted by atomic mass is 35.5. The van der Waals surface area contributed by atoms with E-state index in [1.807, 2.05) is 6.07 Å². The highest BCUT2D eigenvalue weighted by Crippen LogP contribution is 2.29. The van der Waals surface area contributed by atoms with Crippen LogP contribution in [0, 0.1) is 10.1 Å². The summed E-state index contributed by atoms with van der Waals surface area (Å²) in [6, 6.07) is 8.13. The number of halogens is 2. The number of hydrogen-bond acceptors (Lipinski definition) is 6. The zero-order chi connectivity index (χ0) is 16.1. The monoisotopic (exact) mass is 341 g/mol. The molecule has 0 spiro atoms. The minimum absolute atomic E-state index is 0.124. The van der Waals surface area contributed by atoms with E-state index in [-0.39, 0.29) is 11.5 Å². The second-order valence-corrected chi connectivity index (χ2v) is 5.10. The molecule has 2 rings (SSSR count). The van der Waals surface area contributed by atoms with Gasteiger partial charge in [0.1, 0.15) is 5.82 Å². The van der Waals surface area contributed by atoms with Crippen molar-refractivity contribution >= 4 is 46.2 Å². The molecule has 0 bridgehead atoms. The molecule has 0 aliphatic carbocycles. The predicted molar refractivity (Wildman–Crippen MR) is 88.7 cm³/mol. The molecular weight excluding hydrogens is 329 g/mol. The molecule has 0 saturated carbocycles. The first-order valence-corrected chi connectivity index (χ1v) is 7.07. The standard InChI is InChI=1S/C13H13Cl2N5O2/c14-8-2-1-3-9(12(8)15)17-6-7-18-11-5-4-10(20(21)22)13(16)19-11/h1-5,17H,6-7H2,(H3,16,18,19). The Labute approximate surface area is 136 Å². The van der Waals surface area contributed by atoms with Crippen LogP contribution < -0.4 is 16.4 Å². The first-order valence-electron chi connectivity index (χ1n) is 6.31. The summed E-state index contributed by atoms with van der Waals surface area (Å²) in [4.78, 5) is 14.0. The van der Waals surface area contributed by atoms with E-state index >= 15 is 0 Å². The molecular formula is C13H13Cl2N5O2. The van der Waals surface area contributed by atoms with E-state index in [4.69, 9.17) is 28.9 Å². The Kier molecular flexibility index (Phi) is 5.24. The average Bonchev–Trinajstić information content (AvgIpc) is 2.47. The minimum Gasteiger partial charge on any atom is -0.382 e. The number of anilines is 3. The third-order valence-corrected chi connectivity index (χ3v) is 3.62. The second-order valence-electron chi connectivity index (χ2n) is 4.31. The average molecular weight is 342 g/mol. The fraction of sp³-hybridized carbons (Fsp3) is 0.154. The largest absolute Gasteiger partial charge is 0.382 e. The Morgan fingerprint density at radius 3 is 2.59 bits per heavy atom. The predicted octanol–water partition coefficient (Wildman–Crippen LogP) is 3.40. The van der Waals surface area contributed by atoms with Crippen LogP contribution in [0.15, 0.2) is 30.3 Å². The van der Waals surface area contributed by atoms with Gasteiger partial charge in [0.2, 0.25) is 5.82 Å². The molecule has 0 fully saturated rings. The van der Waals surface area contributed by atoms with Crippen LogP contribution in [0.5, 0.6) is 0 Å². The first kappa shape index (κ1) is 16.1. The lowest BCUT2D eigenvalue weighted by Gasteiger charge is -2.10. The first-order chi connectivity index (χ1) is 10.5. The third-order valence-electron chi connectivity index (χ3n) is 2.80. The smallest absolute Gasteiger partial charge is 0.311 e. The molecule has 0 aliphatic rings. The van der Waals surface area contributed by atoms with E-state index in [0.717, 1.165) is 5.69 Å². The molecule has 4 N–H and O–H groups in total. The summed E-state index contributed by atoms with van der Waals surface area (Å²) in [7, 11) is 0. The van der Waals surface area contributed by atoms with E-state index in [9.17, 15) is 10.1 Å². The SMILES string of the molecule is Nc1nc(NCCNc2cccc(Cl)c2Cl)ccc1[N+](=O)[O-]. The third kappa shape index (κ3) is 3.90. The Morgan fingerprint density at radius 1 is 1.18 bits per heavy atom. The number of nitrogen functional groups attached to an aromatic ring is 1. The lowest BCUT2D eigenvalue weighted by Crippen LogP contribution is -2.15. The van der Waals surface area contributed by atoms with Crippen molar-refractivity contribution in [2.75, 3.05) is 29.5 Å². The summed E-state index contributed by atoms with van der Waals surface area (Å²) in [5, 5.41) is 17.7. The van der Waals surface area contributed by atoms with Gasteiger partial charge in [0.25, 0.3) is 0 Å². The number of rotatable bonds is 6. The topological polar surface area (TPSA) is 106 Å². The van der Waals surface area contributed by atoms with Gasteiger partial charge in [-0.25, -0.2) is 4.98 Å². The molecule has 1 heterocycles. The van der Waals surface area contributed by atoms with Crippen LogP contribution in [0.4, 0.5) is 23.0 Å². The zero-order valence-corrected chi connectivity index (χ0v) is 12.9.